The van der Waals surface area contributed by atoms with E-state index in [1.807, 2.05) is 13.0 Å². The summed E-state index contributed by atoms with van der Waals surface area (Å²) < 4.78 is 22.4. The molecule has 1 aliphatic heterocycles. The largest absolute Gasteiger partial charge is 0.399 e. The number of benzene rings is 1. The van der Waals surface area contributed by atoms with E-state index in [9.17, 15) is 13.2 Å². The molecule has 2 rings (SSSR count). The highest BCUT2D eigenvalue weighted by molar-refractivity contribution is 7.91. The van der Waals surface area contributed by atoms with Crippen molar-refractivity contribution in [2.24, 2.45) is 0 Å². The summed E-state index contributed by atoms with van der Waals surface area (Å²) in [6.45, 7) is 1.90. The van der Waals surface area contributed by atoms with Gasteiger partial charge in [0.25, 0.3) is 0 Å². The number of anilines is 2. The molecule has 0 saturated carbocycles. The van der Waals surface area contributed by atoms with E-state index in [1.165, 1.54) is 0 Å². The molecule has 98 valence electrons. The number of nitrogen functional groups attached to an aromatic ring is 1. The van der Waals surface area contributed by atoms with E-state index in [-0.39, 0.29) is 11.9 Å². The van der Waals surface area contributed by atoms with Crippen LogP contribution in [0.25, 0.3) is 0 Å². The maximum absolute atomic E-state index is 12.0. The number of nitrogens with two attached hydrogens (primary N) is 1. The molecule has 0 aliphatic carbocycles. The average Bonchev–Trinajstić information content (AvgIpc) is 2.50. The molecule has 1 aliphatic rings. The first kappa shape index (κ1) is 12.9. The molecule has 1 aromatic rings. The minimum Gasteiger partial charge on any atom is -0.399 e. The van der Waals surface area contributed by atoms with Gasteiger partial charge >= 0.3 is 0 Å². The summed E-state index contributed by atoms with van der Waals surface area (Å²) in [7, 11) is -3.31. The number of hydrogen-bond acceptors (Lipinski definition) is 4. The van der Waals surface area contributed by atoms with Crippen LogP contribution in [0.2, 0.25) is 0 Å². The highest BCUT2D eigenvalue weighted by Crippen LogP contribution is 2.33. The predicted octanol–water partition coefficient (Wildman–Crippen LogP) is 0.591. The Morgan fingerprint density at radius 2 is 2.17 bits per heavy atom. The van der Waals surface area contributed by atoms with Crippen molar-refractivity contribution >= 4 is 27.1 Å². The van der Waals surface area contributed by atoms with Gasteiger partial charge in [-0.25, -0.2) is 8.42 Å². The second kappa shape index (κ2) is 4.28. The fraction of sp³-hybridized carbons (Fsp3) is 0.417. The van der Waals surface area contributed by atoms with Crippen LogP contribution in [0.15, 0.2) is 18.2 Å². The molecular formula is C12H16N2O3S. The minimum absolute atomic E-state index is 0.0314. The van der Waals surface area contributed by atoms with Crippen LogP contribution in [-0.4, -0.2) is 32.4 Å². The second-order valence-electron chi connectivity index (χ2n) is 4.78. The standard InChI is InChI=1S/C12H16N2O3S/c1-8-5-9-6-10(13)3-4-11(9)14(8)12(15)7-18(2,16)17/h3-4,6,8H,5,7,13H2,1-2H3. The third-order valence-corrected chi connectivity index (χ3v) is 3.74. The molecule has 0 fully saturated rings. The van der Waals surface area contributed by atoms with Gasteiger partial charge in [0.15, 0.2) is 9.84 Å². The maximum Gasteiger partial charge on any atom is 0.242 e. The zero-order chi connectivity index (χ0) is 13.5. The lowest BCUT2D eigenvalue weighted by molar-refractivity contribution is -0.116. The van der Waals surface area contributed by atoms with Gasteiger partial charge < -0.3 is 10.6 Å². The first-order valence-electron chi connectivity index (χ1n) is 5.66. The van der Waals surface area contributed by atoms with E-state index in [1.54, 1.807) is 17.0 Å². The maximum atomic E-state index is 12.0. The van der Waals surface area contributed by atoms with E-state index in [4.69, 9.17) is 5.73 Å². The molecule has 1 heterocycles. The van der Waals surface area contributed by atoms with Crippen molar-refractivity contribution in [1.82, 2.24) is 0 Å². The Bertz CT molecular complexity index is 595. The fourth-order valence-corrected chi connectivity index (χ4v) is 2.91. The first-order chi connectivity index (χ1) is 8.28. The van der Waals surface area contributed by atoms with Crippen LogP contribution in [-0.2, 0) is 21.1 Å². The Morgan fingerprint density at radius 3 is 2.78 bits per heavy atom. The zero-order valence-corrected chi connectivity index (χ0v) is 11.2. The van der Waals surface area contributed by atoms with E-state index in [2.05, 4.69) is 0 Å². The first-order valence-corrected chi connectivity index (χ1v) is 7.72. The van der Waals surface area contributed by atoms with Crippen molar-refractivity contribution in [3.8, 4) is 0 Å². The third-order valence-electron chi connectivity index (χ3n) is 2.97. The Kier molecular flexibility index (Phi) is 3.06. The number of amides is 1. The van der Waals surface area contributed by atoms with Crippen LogP contribution in [0.5, 0.6) is 0 Å². The van der Waals surface area contributed by atoms with Crippen molar-refractivity contribution in [2.75, 3.05) is 22.6 Å². The van der Waals surface area contributed by atoms with Crippen LogP contribution in [0.3, 0.4) is 0 Å². The summed E-state index contributed by atoms with van der Waals surface area (Å²) in [4.78, 5) is 13.6. The number of nitrogens with zero attached hydrogens (tertiary/aromatic N) is 1. The summed E-state index contributed by atoms with van der Waals surface area (Å²) in [6.07, 6.45) is 1.77. The molecule has 1 amide bonds. The number of rotatable bonds is 2. The fourth-order valence-electron chi connectivity index (χ4n) is 2.32. The number of carbonyl (C=O) groups excluding carboxylic acids is 1. The Hall–Kier alpha value is -1.56. The van der Waals surface area contributed by atoms with Crippen molar-refractivity contribution in [3.05, 3.63) is 23.8 Å². The molecular weight excluding hydrogens is 252 g/mol. The number of sulfone groups is 1. The van der Waals surface area contributed by atoms with Crippen molar-refractivity contribution in [2.45, 2.75) is 19.4 Å². The Balaban J connectivity index is 2.33. The lowest BCUT2D eigenvalue weighted by Gasteiger charge is -2.22. The van der Waals surface area contributed by atoms with E-state index in [0.717, 1.165) is 17.5 Å². The minimum atomic E-state index is -3.31. The second-order valence-corrected chi connectivity index (χ2v) is 6.92. The smallest absolute Gasteiger partial charge is 0.242 e. The molecule has 0 bridgehead atoms. The molecule has 0 spiro atoms. The van der Waals surface area contributed by atoms with E-state index in [0.29, 0.717) is 12.1 Å². The number of carbonyl (C=O) groups is 1. The molecule has 18 heavy (non-hydrogen) atoms. The normalized spacial score (nSPS) is 18.8. The molecule has 6 heteroatoms. The Labute approximate surface area is 107 Å². The SMILES string of the molecule is CC1Cc2cc(N)ccc2N1C(=O)CS(C)(=O)=O. The van der Waals surface area contributed by atoms with Gasteiger partial charge in [-0.1, -0.05) is 0 Å². The monoisotopic (exact) mass is 268 g/mol. The molecule has 5 nitrogen and oxygen atoms in total. The zero-order valence-electron chi connectivity index (χ0n) is 10.4. The molecule has 1 aromatic carbocycles. The van der Waals surface area contributed by atoms with Gasteiger partial charge in [-0.2, -0.15) is 0 Å². The van der Waals surface area contributed by atoms with Gasteiger partial charge in [0, 0.05) is 23.7 Å². The highest BCUT2D eigenvalue weighted by atomic mass is 32.2. The predicted molar refractivity (Wildman–Crippen MR) is 71.2 cm³/mol. The quantitative estimate of drug-likeness (QED) is 0.796. The highest BCUT2D eigenvalue weighted by Gasteiger charge is 2.32. The van der Waals surface area contributed by atoms with Crippen molar-refractivity contribution < 1.29 is 13.2 Å². The lowest BCUT2D eigenvalue weighted by atomic mass is 10.1. The van der Waals surface area contributed by atoms with Gasteiger partial charge in [0.2, 0.25) is 5.91 Å². The Morgan fingerprint density at radius 1 is 1.50 bits per heavy atom. The summed E-state index contributed by atoms with van der Waals surface area (Å²) in [5.74, 6) is -0.838. The lowest BCUT2D eigenvalue weighted by Crippen LogP contribution is -2.39. The van der Waals surface area contributed by atoms with Crippen LogP contribution in [0, 0.1) is 0 Å². The summed E-state index contributed by atoms with van der Waals surface area (Å²) in [5, 5.41) is 0. The number of hydrogen-bond donors (Lipinski definition) is 1. The van der Waals surface area contributed by atoms with Gasteiger partial charge in [0.05, 0.1) is 0 Å². The molecule has 0 radical (unpaired) electrons. The summed E-state index contributed by atoms with van der Waals surface area (Å²) in [5.41, 5.74) is 8.11. The van der Waals surface area contributed by atoms with Crippen LogP contribution >= 0.6 is 0 Å². The van der Waals surface area contributed by atoms with E-state index < -0.39 is 15.6 Å². The molecule has 2 N–H and O–H groups in total. The molecule has 1 unspecified atom stereocenters. The van der Waals surface area contributed by atoms with E-state index >= 15 is 0 Å². The van der Waals surface area contributed by atoms with Crippen LogP contribution in [0.4, 0.5) is 11.4 Å². The summed E-state index contributed by atoms with van der Waals surface area (Å²) >= 11 is 0. The van der Waals surface area contributed by atoms with Crippen molar-refractivity contribution in [3.63, 3.8) is 0 Å². The van der Waals surface area contributed by atoms with Crippen LogP contribution in [0.1, 0.15) is 12.5 Å². The van der Waals surface area contributed by atoms with Gasteiger partial charge in [-0.15, -0.1) is 0 Å². The average molecular weight is 268 g/mol. The van der Waals surface area contributed by atoms with Crippen LogP contribution < -0.4 is 10.6 Å². The molecule has 0 aromatic heterocycles. The molecule has 1 atom stereocenters. The summed E-state index contributed by atoms with van der Waals surface area (Å²) in [6, 6.07) is 5.29. The van der Waals surface area contributed by atoms with Gasteiger partial charge in [-0.05, 0) is 37.1 Å². The molecule has 0 saturated heterocycles. The van der Waals surface area contributed by atoms with Gasteiger partial charge in [0.1, 0.15) is 5.75 Å². The third kappa shape index (κ3) is 2.48. The van der Waals surface area contributed by atoms with Crippen molar-refractivity contribution in [1.29, 1.82) is 0 Å². The van der Waals surface area contributed by atoms with Gasteiger partial charge in [-0.3, -0.25) is 4.79 Å². The topological polar surface area (TPSA) is 80.5 Å². The number of fused-ring (bicyclic) bond motifs is 1.